The van der Waals surface area contributed by atoms with Crippen molar-refractivity contribution in [3.05, 3.63) is 44.3 Å². The van der Waals surface area contributed by atoms with Crippen LogP contribution in [0.4, 0.5) is 0 Å². The highest BCUT2D eigenvalue weighted by Crippen LogP contribution is 2.37. The van der Waals surface area contributed by atoms with E-state index in [1.54, 1.807) is 10.4 Å². The van der Waals surface area contributed by atoms with E-state index >= 15 is 0 Å². The van der Waals surface area contributed by atoms with E-state index < -0.39 is 0 Å². The molecule has 18 heavy (non-hydrogen) atoms. The number of aryl methyl sites for hydroxylation is 2. The van der Waals surface area contributed by atoms with Crippen LogP contribution in [0.15, 0.2) is 29.0 Å². The van der Waals surface area contributed by atoms with E-state index in [4.69, 9.17) is 5.73 Å². The molecule has 1 nitrogen and oxygen atoms in total. The average molecular weight is 277 g/mol. The summed E-state index contributed by atoms with van der Waals surface area (Å²) in [4.78, 5) is 3.05. The maximum atomic E-state index is 6.45. The molecule has 2 atom stereocenters. The maximum absolute atomic E-state index is 6.45. The van der Waals surface area contributed by atoms with Crippen molar-refractivity contribution in [3.63, 3.8) is 0 Å². The molecule has 2 aromatic heterocycles. The van der Waals surface area contributed by atoms with Gasteiger partial charge in [0.05, 0.1) is 0 Å². The summed E-state index contributed by atoms with van der Waals surface area (Å²) in [6.07, 6.45) is 6.09. The molecule has 0 aliphatic heterocycles. The van der Waals surface area contributed by atoms with Gasteiger partial charge in [-0.2, -0.15) is 0 Å². The Kier molecular flexibility index (Phi) is 3.83. The van der Waals surface area contributed by atoms with Gasteiger partial charge in [-0.1, -0.05) is 6.07 Å². The first-order valence-electron chi connectivity index (χ1n) is 6.69. The van der Waals surface area contributed by atoms with Crippen LogP contribution < -0.4 is 5.73 Å². The van der Waals surface area contributed by atoms with Gasteiger partial charge in [0.2, 0.25) is 0 Å². The predicted molar refractivity (Wildman–Crippen MR) is 80.6 cm³/mol. The lowest BCUT2D eigenvalue weighted by molar-refractivity contribution is 0.446. The molecule has 0 aromatic carbocycles. The molecule has 0 spiro atoms. The minimum atomic E-state index is 0.320. The summed E-state index contributed by atoms with van der Waals surface area (Å²) in [6, 6.07) is 6.97. The summed E-state index contributed by atoms with van der Waals surface area (Å²) in [6.45, 7) is 0. The van der Waals surface area contributed by atoms with Gasteiger partial charge in [-0.15, -0.1) is 22.7 Å². The maximum Gasteiger partial charge on any atom is 0.0112 e. The van der Waals surface area contributed by atoms with Gasteiger partial charge in [-0.25, -0.2) is 0 Å². The first-order chi connectivity index (χ1) is 8.84. The van der Waals surface area contributed by atoms with Crippen LogP contribution in [0, 0.1) is 0 Å². The lowest BCUT2D eigenvalue weighted by atomic mass is 9.81. The molecule has 0 fully saturated rings. The van der Waals surface area contributed by atoms with Gasteiger partial charge in [0, 0.05) is 21.7 Å². The van der Waals surface area contributed by atoms with Gasteiger partial charge in [0.15, 0.2) is 0 Å². The molecule has 0 amide bonds. The smallest absolute Gasteiger partial charge is 0.0112 e. The fourth-order valence-corrected chi connectivity index (χ4v) is 4.65. The summed E-state index contributed by atoms with van der Waals surface area (Å²) in [7, 11) is 0. The second kappa shape index (κ2) is 5.55. The van der Waals surface area contributed by atoms with Crippen LogP contribution in [0.2, 0.25) is 0 Å². The van der Waals surface area contributed by atoms with Gasteiger partial charge in [-0.3, -0.25) is 0 Å². The molecule has 1 aliphatic rings. The number of nitrogens with two attached hydrogens (primary N) is 1. The Balaban J connectivity index is 1.65. The Morgan fingerprint density at radius 3 is 3.06 bits per heavy atom. The van der Waals surface area contributed by atoms with Gasteiger partial charge < -0.3 is 5.73 Å². The third-order valence-electron chi connectivity index (χ3n) is 3.92. The van der Waals surface area contributed by atoms with Crippen molar-refractivity contribution in [1.82, 2.24) is 0 Å². The van der Waals surface area contributed by atoms with Crippen LogP contribution in [0.3, 0.4) is 0 Å². The van der Waals surface area contributed by atoms with Gasteiger partial charge in [0.25, 0.3) is 0 Å². The van der Waals surface area contributed by atoms with E-state index in [0.717, 1.165) is 12.8 Å². The summed E-state index contributed by atoms with van der Waals surface area (Å²) in [5, 5.41) is 4.38. The molecule has 2 aromatic rings. The molecule has 0 radical (unpaired) electrons. The monoisotopic (exact) mass is 277 g/mol. The van der Waals surface area contributed by atoms with Crippen LogP contribution in [0.25, 0.3) is 0 Å². The molecule has 2 N–H and O–H groups in total. The van der Waals surface area contributed by atoms with Crippen LogP contribution in [-0.4, -0.2) is 6.04 Å². The average Bonchev–Trinajstić information content (AvgIpc) is 3.05. The summed E-state index contributed by atoms with van der Waals surface area (Å²) in [5.41, 5.74) is 7.99. The third-order valence-corrected chi connectivity index (χ3v) is 5.85. The Hall–Kier alpha value is -0.640. The van der Waals surface area contributed by atoms with E-state index in [1.807, 2.05) is 22.7 Å². The Bertz CT molecular complexity index is 486. The van der Waals surface area contributed by atoms with E-state index in [2.05, 4.69) is 29.0 Å². The Morgan fingerprint density at radius 2 is 2.22 bits per heavy atom. The zero-order valence-electron chi connectivity index (χ0n) is 10.5. The predicted octanol–water partition coefficient (Wildman–Crippen LogP) is 4.19. The SMILES string of the molecule is NC(CCc1cccs1)C1CCCc2sccc21. The normalized spacial score (nSPS) is 20.6. The molecule has 0 saturated carbocycles. The quantitative estimate of drug-likeness (QED) is 0.891. The van der Waals surface area contributed by atoms with Gasteiger partial charge in [0.1, 0.15) is 0 Å². The number of fused-ring (bicyclic) bond motifs is 1. The zero-order valence-corrected chi connectivity index (χ0v) is 12.1. The van der Waals surface area contributed by atoms with Crippen molar-refractivity contribution < 1.29 is 0 Å². The molecule has 3 rings (SSSR count). The Morgan fingerprint density at radius 1 is 1.28 bits per heavy atom. The van der Waals surface area contributed by atoms with E-state index in [0.29, 0.717) is 12.0 Å². The fraction of sp³-hybridized carbons (Fsp3) is 0.467. The standard InChI is InChI=1S/C15H19NS2/c16-14(7-6-11-3-2-9-17-11)12-4-1-5-15-13(12)8-10-18-15/h2-3,8-10,12,14H,1,4-7,16H2. The number of hydrogen-bond donors (Lipinski definition) is 1. The highest BCUT2D eigenvalue weighted by Gasteiger charge is 2.26. The van der Waals surface area contributed by atoms with Gasteiger partial charge >= 0.3 is 0 Å². The Labute approximate surface area is 117 Å². The molecule has 2 unspecified atom stereocenters. The van der Waals surface area contributed by atoms with Crippen LogP contribution >= 0.6 is 22.7 Å². The first kappa shape index (κ1) is 12.4. The minimum absolute atomic E-state index is 0.320. The molecule has 96 valence electrons. The highest BCUT2D eigenvalue weighted by atomic mass is 32.1. The molecule has 2 heterocycles. The second-order valence-corrected chi connectivity index (χ2v) is 7.11. The van der Waals surface area contributed by atoms with E-state index in [1.165, 1.54) is 24.1 Å². The molecular weight excluding hydrogens is 258 g/mol. The number of hydrogen-bond acceptors (Lipinski definition) is 3. The molecular formula is C15H19NS2. The summed E-state index contributed by atoms with van der Waals surface area (Å²) >= 11 is 3.75. The van der Waals surface area contributed by atoms with Crippen molar-refractivity contribution >= 4 is 22.7 Å². The van der Waals surface area contributed by atoms with Crippen molar-refractivity contribution in [2.24, 2.45) is 5.73 Å². The highest BCUT2D eigenvalue weighted by molar-refractivity contribution is 7.10. The molecule has 3 heteroatoms. The van der Waals surface area contributed by atoms with E-state index in [-0.39, 0.29) is 0 Å². The van der Waals surface area contributed by atoms with Crippen molar-refractivity contribution in [1.29, 1.82) is 0 Å². The number of thiophene rings is 2. The lowest BCUT2D eigenvalue weighted by Crippen LogP contribution is -2.30. The van der Waals surface area contributed by atoms with Crippen LogP contribution in [-0.2, 0) is 12.8 Å². The van der Waals surface area contributed by atoms with Gasteiger partial charge in [-0.05, 0) is 60.6 Å². The molecule has 0 bridgehead atoms. The minimum Gasteiger partial charge on any atom is -0.327 e. The first-order valence-corrected chi connectivity index (χ1v) is 8.45. The van der Waals surface area contributed by atoms with Crippen molar-refractivity contribution in [3.8, 4) is 0 Å². The number of rotatable bonds is 4. The van der Waals surface area contributed by atoms with Crippen molar-refractivity contribution in [2.75, 3.05) is 0 Å². The summed E-state index contributed by atoms with van der Waals surface area (Å²) in [5.74, 6) is 0.597. The largest absolute Gasteiger partial charge is 0.327 e. The molecule has 0 saturated heterocycles. The van der Waals surface area contributed by atoms with Crippen molar-refractivity contribution in [2.45, 2.75) is 44.1 Å². The zero-order chi connectivity index (χ0) is 12.4. The lowest BCUT2D eigenvalue weighted by Gasteiger charge is -2.28. The van der Waals surface area contributed by atoms with Crippen LogP contribution in [0.1, 0.15) is 40.5 Å². The van der Waals surface area contributed by atoms with Crippen LogP contribution in [0.5, 0.6) is 0 Å². The summed E-state index contributed by atoms with van der Waals surface area (Å²) < 4.78 is 0. The second-order valence-electron chi connectivity index (χ2n) is 5.08. The third kappa shape index (κ3) is 2.53. The fourth-order valence-electron chi connectivity index (χ4n) is 2.93. The van der Waals surface area contributed by atoms with E-state index in [9.17, 15) is 0 Å². The molecule has 1 aliphatic carbocycles. The topological polar surface area (TPSA) is 26.0 Å².